The van der Waals surface area contributed by atoms with Crippen molar-refractivity contribution in [1.82, 2.24) is 0 Å². The molecule has 0 spiro atoms. The number of ether oxygens (including phenoxy) is 1. The third kappa shape index (κ3) is 3.42. The van der Waals surface area contributed by atoms with Crippen molar-refractivity contribution in [3.05, 3.63) is 53.3 Å². The predicted molar refractivity (Wildman–Crippen MR) is 78.9 cm³/mol. The van der Waals surface area contributed by atoms with Crippen LogP contribution >= 0.6 is 0 Å². The fourth-order valence-electron chi connectivity index (χ4n) is 2.52. The monoisotopic (exact) mass is 356 g/mol. The summed E-state index contributed by atoms with van der Waals surface area (Å²) in [6.45, 7) is 0. The van der Waals surface area contributed by atoms with Crippen LogP contribution in [-0.2, 0) is 17.4 Å². The number of fused-ring (bicyclic) bond motifs is 1. The highest BCUT2D eigenvalue weighted by Crippen LogP contribution is 2.35. The summed E-state index contributed by atoms with van der Waals surface area (Å²) in [5.41, 5.74) is 5.11. The van der Waals surface area contributed by atoms with Crippen molar-refractivity contribution in [1.29, 1.82) is 0 Å². The maximum atomic E-state index is 13.4. The van der Waals surface area contributed by atoms with Crippen LogP contribution < -0.4 is 15.5 Å². The quantitative estimate of drug-likeness (QED) is 0.640. The summed E-state index contributed by atoms with van der Waals surface area (Å²) in [4.78, 5) is 11.6. The van der Waals surface area contributed by atoms with Gasteiger partial charge in [0.05, 0.1) is 17.3 Å². The summed E-state index contributed by atoms with van der Waals surface area (Å²) < 4.78 is 56.9. The van der Waals surface area contributed by atoms with Gasteiger partial charge in [0.2, 0.25) is 0 Å². The molecule has 25 heavy (non-hydrogen) atoms. The second-order valence-electron chi connectivity index (χ2n) is 5.53. The van der Waals surface area contributed by atoms with Crippen LogP contribution in [0.5, 0.6) is 11.5 Å². The number of nitrogens with zero attached hydrogens (tertiary/aromatic N) is 1. The number of rotatable bonds is 2. The Kier molecular flexibility index (Phi) is 4.13. The van der Waals surface area contributed by atoms with Gasteiger partial charge in [-0.2, -0.15) is 18.2 Å². The number of hydrogen-bond donors (Lipinski definition) is 2. The number of amides is 1. The Labute approximate surface area is 139 Å². The van der Waals surface area contributed by atoms with E-state index in [4.69, 9.17) is 10.5 Å². The number of anilines is 1. The summed E-state index contributed by atoms with van der Waals surface area (Å²) in [7, 11) is 0. The molecule has 5 nitrogen and oxygen atoms in total. The van der Waals surface area contributed by atoms with E-state index in [1.165, 1.54) is 18.2 Å². The Morgan fingerprint density at radius 3 is 2.56 bits per heavy atom. The Bertz CT molecular complexity index is 839. The van der Waals surface area contributed by atoms with E-state index in [1.54, 1.807) is 0 Å². The Balaban J connectivity index is 1.91. The smallest absolute Gasteiger partial charge is 0.416 e. The van der Waals surface area contributed by atoms with Crippen molar-refractivity contribution in [3.63, 3.8) is 0 Å². The lowest BCUT2D eigenvalue weighted by Gasteiger charge is -2.27. The van der Waals surface area contributed by atoms with Gasteiger partial charge in [-0.05, 0) is 42.3 Å². The molecule has 1 aliphatic heterocycles. The molecule has 0 saturated carbocycles. The molecular formula is C16H12F4N2O3. The van der Waals surface area contributed by atoms with Crippen molar-refractivity contribution in [3.8, 4) is 11.5 Å². The lowest BCUT2D eigenvalue weighted by Crippen LogP contribution is -2.47. The van der Waals surface area contributed by atoms with Crippen LogP contribution in [0.15, 0.2) is 36.4 Å². The van der Waals surface area contributed by atoms with Crippen LogP contribution in [0.1, 0.15) is 11.1 Å². The third-order valence-corrected chi connectivity index (χ3v) is 3.68. The molecule has 3 rings (SSSR count). The summed E-state index contributed by atoms with van der Waals surface area (Å²) in [6, 6.07) is 5.04. The van der Waals surface area contributed by atoms with Gasteiger partial charge in [-0.1, -0.05) is 0 Å². The zero-order chi connectivity index (χ0) is 18.4. The zero-order valence-corrected chi connectivity index (χ0v) is 12.5. The van der Waals surface area contributed by atoms with E-state index in [-0.39, 0.29) is 23.6 Å². The van der Waals surface area contributed by atoms with Crippen molar-refractivity contribution in [2.75, 3.05) is 5.06 Å². The van der Waals surface area contributed by atoms with Gasteiger partial charge < -0.3 is 10.5 Å². The fraction of sp³-hybridized carbons (Fsp3) is 0.188. The largest absolute Gasteiger partial charge is 0.457 e. The minimum absolute atomic E-state index is 0.118. The number of nitrogens with two attached hydrogens (primary N) is 1. The molecule has 1 amide bonds. The molecule has 0 unspecified atom stereocenters. The Morgan fingerprint density at radius 2 is 1.88 bits per heavy atom. The SMILES string of the molecule is N[C@H]1Cc2cc(Oc3cc(F)cc(C(F)(F)F)c3)ccc2N(O)C1=O. The summed E-state index contributed by atoms with van der Waals surface area (Å²) in [5, 5.41) is 10.1. The van der Waals surface area contributed by atoms with Gasteiger partial charge in [-0.25, -0.2) is 4.39 Å². The molecular weight excluding hydrogens is 344 g/mol. The molecule has 3 N–H and O–H groups in total. The lowest BCUT2D eigenvalue weighted by molar-refractivity contribution is -0.137. The molecule has 2 aromatic rings. The van der Waals surface area contributed by atoms with E-state index < -0.39 is 29.5 Å². The number of benzene rings is 2. The normalized spacial score (nSPS) is 17.4. The van der Waals surface area contributed by atoms with Gasteiger partial charge in [0.15, 0.2) is 0 Å². The molecule has 1 aliphatic rings. The van der Waals surface area contributed by atoms with Gasteiger partial charge >= 0.3 is 6.18 Å². The van der Waals surface area contributed by atoms with E-state index in [9.17, 15) is 27.6 Å². The average molecular weight is 356 g/mol. The molecule has 1 atom stereocenters. The van der Waals surface area contributed by atoms with E-state index in [2.05, 4.69) is 0 Å². The van der Waals surface area contributed by atoms with Crippen LogP contribution in [0, 0.1) is 5.82 Å². The number of carbonyl (C=O) groups excluding carboxylic acids is 1. The van der Waals surface area contributed by atoms with Gasteiger partial charge in [-0.15, -0.1) is 0 Å². The topological polar surface area (TPSA) is 75.8 Å². The number of hydrogen-bond acceptors (Lipinski definition) is 4. The van der Waals surface area contributed by atoms with Gasteiger partial charge in [0.1, 0.15) is 17.3 Å². The Hall–Kier alpha value is -2.65. The maximum Gasteiger partial charge on any atom is 0.416 e. The summed E-state index contributed by atoms with van der Waals surface area (Å²) in [6.07, 6.45) is -4.58. The standard InChI is InChI=1S/C16H12F4N2O3/c17-10-5-9(16(18,19)20)6-12(7-10)25-11-1-2-14-8(3-11)4-13(21)15(23)22(14)24/h1-3,5-7,13,24H,4,21H2/t13-/m0/s1. The first-order valence-electron chi connectivity index (χ1n) is 7.12. The van der Waals surface area contributed by atoms with Crippen LogP contribution in [0.25, 0.3) is 0 Å². The molecule has 1 heterocycles. The molecule has 0 bridgehead atoms. The van der Waals surface area contributed by atoms with Crippen LogP contribution in [0.2, 0.25) is 0 Å². The summed E-state index contributed by atoms with van der Waals surface area (Å²) in [5.74, 6) is -1.96. The maximum absolute atomic E-state index is 13.4. The van der Waals surface area contributed by atoms with Crippen molar-refractivity contribution >= 4 is 11.6 Å². The highest BCUT2D eigenvalue weighted by atomic mass is 19.4. The fourth-order valence-corrected chi connectivity index (χ4v) is 2.52. The molecule has 0 aliphatic carbocycles. The minimum Gasteiger partial charge on any atom is -0.457 e. The first-order chi connectivity index (χ1) is 11.6. The average Bonchev–Trinajstić information content (AvgIpc) is 2.51. The van der Waals surface area contributed by atoms with Crippen LogP contribution in [-0.4, -0.2) is 17.2 Å². The second-order valence-corrected chi connectivity index (χ2v) is 5.53. The zero-order valence-electron chi connectivity index (χ0n) is 12.5. The number of alkyl halides is 3. The number of halogens is 4. The molecule has 0 fully saturated rings. The molecule has 0 radical (unpaired) electrons. The summed E-state index contributed by atoms with van der Waals surface area (Å²) >= 11 is 0. The van der Waals surface area contributed by atoms with E-state index in [0.717, 1.165) is 6.07 Å². The highest BCUT2D eigenvalue weighted by Gasteiger charge is 2.32. The number of carbonyl (C=O) groups is 1. The van der Waals surface area contributed by atoms with Gasteiger partial charge in [-0.3, -0.25) is 10.0 Å². The molecule has 132 valence electrons. The van der Waals surface area contributed by atoms with Gasteiger partial charge in [0.25, 0.3) is 5.91 Å². The van der Waals surface area contributed by atoms with Crippen LogP contribution in [0.4, 0.5) is 23.2 Å². The minimum atomic E-state index is -4.71. The van der Waals surface area contributed by atoms with E-state index in [1.807, 2.05) is 0 Å². The van der Waals surface area contributed by atoms with Crippen molar-refractivity contribution < 1.29 is 32.3 Å². The predicted octanol–water partition coefficient (Wildman–Crippen LogP) is 3.24. The van der Waals surface area contributed by atoms with E-state index >= 15 is 0 Å². The second kappa shape index (κ2) is 6.01. The third-order valence-electron chi connectivity index (χ3n) is 3.68. The highest BCUT2D eigenvalue weighted by molar-refractivity contribution is 5.98. The molecule has 0 saturated heterocycles. The molecule has 0 aromatic heterocycles. The first-order valence-corrected chi connectivity index (χ1v) is 7.12. The first kappa shape index (κ1) is 17.2. The van der Waals surface area contributed by atoms with Crippen molar-refractivity contribution in [2.45, 2.75) is 18.6 Å². The molecule has 9 heteroatoms. The lowest BCUT2D eigenvalue weighted by atomic mass is 9.99. The van der Waals surface area contributed by atoms with Crippen molar-refractivity contribution in [2.24, 2.45) is 5.73 Å². The van der Waals surface area contributed by atoms with E-state index in [0.29, 0.717) is 22.8 Å². The number of hydroxylamine groups is 1. The molecule has 2 aromatic carbocycles. The Morgan fingerprint density at radius 1 is 1.16 bits per heavy atom. The van der Waals surface area contributed by atoms with Gasteiger partial charge in [0, 0.05) is 6.07 Å². The van der Waals surface area contributed by atoms with Crippen LogP contribution in [0.3, 0.4) is 0 Å².